The second kappa shape index (κ2) is 7.81. The fourth-order valence-corrected chi connectivity index (χ4v) is 5.55. The van der Waals surface area contributed by atoms with Crippen LogP contribution in [0.25, 0.3) is 0 Å². The minimum absolute atomic E-state index is 0.262. The van der Waals surface area contributed by atoms with Crippen molar-refractivity contribution < 1.29 is 17.3 Å². The highest BCUT2D eigenvalue weighted by Crippen LogP contribution is 2.52. The second-order valence-electron chi connectivity index (χ2n) is 8.09. The van der Waals surface area contributed by atoms with Crippen LogP contribution in [0.1, 0.15) is 30.1 Å². The first kappa shape index (κ1) is 20.3. The lowest BCUT2D eigenvalue weighted by molar-refractivity contribution is 0.163. The largest absolute Gasteiger partial charge is 0.338 e. The highest BCUT2D eigenvalue weighted by molar-refractivity contribution is 7.89. The molecule has 0 unspecified atom stereocenters. The Labute approximate surface area is 180 Å². The first-order chi connectivity index (χ1) is 15.0. The molecular formula is C22H23FN4O3S. The zero-order valence-electron chi connectivity index (χ0n) is 16.9. The van der Waals surface area contributed by atoms with Gasteiger partial charge in [-0.15, -0.1) is 0 Å². The average Bonchev–Trinajstić information content (AvgIpc) is 3.47. The maximum absolute atomic E-state index is 13.3. The van der Waals surface area contributed by atoms with E-state index in [0.29, 0.717) is 49.3 Å². The topological polar surface area (TPSA) is 79.5 Å². The quantitative estimate of drug-likeness (QED) is 0.584. The molecule has 2 aromatic carbocycles. The Kier molecular flexibility index (Phi) is 5.11. The van der Waals surface area contributed by atoms with Crippen molar-refractivity contribution in [2.45, 2.75) is 29.7 Å². The van der Waals surface area contributed by atoms with Gasteiger partial charge in [0.05, 0.1) is 16.9 Å². The van der Waals surface area contributed by atoms with Crippen LogP contribution in [0.4, 0.5) is 4.39 Å². The summed E-state index contributed by atoms with van der Waals surface area (Å²) >= 11 is 0. The molecule has 1 saturated carbocycles. The molecule has 1 aromatic heterocycles. The van der Waals surface area contributed by atoms with Gasteiger partial charge < -0.3 is 4.52 Å². The maximum Gasteiger partial charge on any atom is 0.243 e. The highest BCUT2D eigenvalue weighted by Gasteiger charge is 2.50. The maximum atomic E-state index is 13.3. The fraction of sp³-hybridized carbons (Fsp3) is 0.364. The predicted molar refractivity (Wildman–Crippen MR) is 111 cm³/mol. The molecule has 2 fully saturated rings. The van der Waals surface area contributed by atoms with Crippen molar-refractivity contribution in [3.8, 4) is 0 Å². The third kappa shape index (κ3) is 3.88. The van der Waals surface area contributed by atoms with Crippen LogP contribution in [0, 0.1) is 5.82 Å². The molecule has 0 amide bonds. The molecule has 0 spiro atoms. The molecule has 1 aliphatic carbocycles. The second-order valence-corrected chi connectivity index (χ2v) is 10.0. The standard InChI is InChI=1S/C22H23FN4O3S/c23-18-8-6-17(7-9-18)22(10-11-22)21-24-20(30-25-21)16-26-12-14-27(15-13-26)31(28,29)19-4-2-1-3-5-19/h1-9H,10-16H2. The Morgan fingerprint density at radius 1 is 0.968 bits per heavy atom. The minimum atomic E-state index is -3.47. The number of aromatic nitrogens is 2. The van der Waals surface area contributed by atoms with Crippen LogP contribution in [0.3, 0.4) is 0 Å². The van der Waals surface area contributed by atoms with Crippen LogP contribution in [0.5, 0.6) is 0 Å². The van der Waals surface area contributed by atoms with Crippen LogP contribution >= 0.6 is 0 Å². The van der Waals surface area contributed by atoms with E-state index in [1.54, 1.807) is 42.5 Å². The molecular weight excluding hydrogens is 419 g/mol. The van der Waals surface area contributed by atoms with Crippen molar-refractivity contribution in [1.29, 1.82) is 0 Å². The molecule has 1 saturated heterocycles. The van der Waals surface area contributed by atoms with Crippen molar-refractivity contribution >= 4 is 10.0 Å². The smallest absolute Gasteiger partial charge is 0.243 e. The zero-order valence-corrected chi connectivity index (χ0v) is 17.8. The van der Waals surface area contributed by atoms with Gasteiger partial charge >= 0.3 is 0 Å². The Morgan fingerprint density at radius 2 is 1.65 bits per heavy atom. The number of sulfonamides is 1. The van der Waals surface area contributed by atoms with Crippen molar-refractivity contribution in [3.63, 3.8) is 0 Å². The molecule has 162 valence electrons. The molecule has 0 radical (unpaired) electrons. The van der Waals surface area contributed by atoms with Crippen LogP contribution < -0.4 is 0 Å². The first-order valence-corrected chi connectivity index (χ1v) is 11.8. The van der Waals surface area contributed by atoms with E-state index in [1.165, 1.54) is 16.4 Å². The van der Waals surface area contributed by atoms with Gasteiger partial charge in [0.1, 0.15) is 5.82 Å². The Morgan fingerprint density at radius 3 is 2.29 bits per heavy atom. The van der Waals surface area contributed by atoms with E-state index in [2.05, 4.69) is 15.0 Å². The SMILES string of the molecule is O=S(=O)(c1ccccc1)N1CCN(Cc2nc(C3(c4ccc(F)cc4)CC3)no2)CC1. The van der Waals surface area contributed by atoms with Crippen LogP contribution in [0.15, 0.2) is 64.0 Å². The highest BCUT2D eigenvalue weighted by atomic mass is 32.2. The number of halogens is 1. The van der Waals surface area contributed by atoms with Gasteiger partial charge in [-0.05, 0) is 42.7 Å². The molecule has 0 bridgehead atoms. The lowest BCUT2D eigenvalue weighted by Gasteiger charge is -2.33. The zero-order chi connectivity index (χ0) is 21.5. The Bertz CT molecular complexity index is 1150. The Hall–Kier alpha value is -2.62. The van der Waals surface area contributed by atoms with Crippen molar-refractivity contribution in [3.05, 3.63) is 77.7 Å². The minimum Gasteiger partial charge on any atom is -0.338 e. The van der Waals surface area contributed by atoms with Crippen LogP contribution in [0.2, 0.25) is 0 Å². The van der Waals surface area contributed by atoms with E-state index < -0.39 is 10.0 Å². The van der Waals surface area contributed by atoms with Crippen molar-refractivity contribution in [2.75, 3.05) is 26.2 Å². The third-order valence-electron chi connectivity index (χ3n) is 6.11. The fourth-order valence-electron chi connectivity index (χ4n) is 4.11. The van der Waals surface area contributed by atoms with Gasteiger partial charge in [0.2, 0.25) is 15.9 Å². The third-order valence-corrected chi connectivity index (χ3v) is 8.03. The van der Waals surface area contributed by atoms with Gasteiger partial charge in [-0.25, -0.2) is 12.8 Å². The number of hydrogen-bond acceptors (Lipinski definition) is 6. The summed E-state index contributed by atoms with van der Waals surface area (Å²) in [6, 6.07) is 15.0. The number of rotatable bonds is 6. The molecule has 7 nitrogen and oxygen atoms in total. The van der Waals surface area contributed by atoms with Gasteiger partial charge in [0, 0.05) is 26.2 Å². The van der Waals surface area contributed by atoms with Crippen LogP contribution in [-0.2, 0) is 22.0 Å². The first-order valence-electron chi connectivity index (χ1n) is 10.3. The molecule has 0 N–H and O–H groups in total. The molecule has 9 heteroatoms. The van der Waals surface area contributed by atoms with Crippen LogP contribution in [-0.4, -0.2) is 53.9 Å². The Balaban J connectivity index is 1.22. The summed E-state index contributed by atoms with van der Waals surface area (Å²) < 4.78 is 45.8. The monoisotopic (exact) mass is 442 g/mol. The normalized spacial score (nSPS) is 19.4. The summed E-state index contributed by atoms with van der Waals surface area (Å²) in [6.45, 7) is 2.49. The number of nitrogens with zero attached hydrogens (tertiary/aromatic N) is 4. The molecule has 0 atom stereocenters. The van der Waals surface area contributed by atoms with Crippen molar-refractivity contribution in [2.24, 2.45) is 0 Å². The summed E-state index contributed by atoms with van der Waals surface area (Å²) in [7, 11) is -3.47. The van der Waals surface area contributed by atoms with Gasteiger partial charge in [-0.1, -0.05) is 35.5 Å². The van der Waals surface area contributed by atoms with E-state index in [0.717, 1.165) is 18.4 Å². The lowest BCUT2D eigenvalue weighted by atomic mass is 9.95. The molecule has 2 heterocycles. The van der Waals surface area contributed by atoms with Gasteiger partial charge in [-0.2, -0.15) is 9.29 Å². The predicted octanol–water partition coefficient (Wildman–Crippen LogP) is 2.80. The molecule has 1 aliphatic heterocycles. The molecule has 3 aromatic rings. The summed E-state index contributed by atoms with van der Waals surface area (Å²) in [5.74, 6) is 0.893. The van der Waals surface area contributed by atoms with Gasteiger partial charge in [0.15, 0.2) is 5.82 Å². The van der Waals surface area contributed by atoms with Crippen molar-refractivity contribution in [1.82, 2.24) is 19.3 Å². The average molecular weight is 443 g/mol. The van der Waals surface area contributed by atoms with E-state index >= 15 is 0 Å². The lowest BCUT2D eigenvalue weighted by Crippen LogP contribution is -2.48. The summed E-state index contributed by atoms with van der Waals surface area (Å²) in [5, 5.41) is 4.20. The van der Waals surface area contributed by atoms with Gasteiger partial charge in [0.25, 0.3) is 0 Å². The number of piperazine rings is 1. The number of benzene rings is 2. The summed E-state index contributed by atoms with van der Waals surface area (Å²) in [6.07, 6.45) is 1.82. The van der Waals surface area contributed by atoms with E-state index in [1.807, 2.05) is 0 Å². The molecule has 5 rings (SSSR count). The van der Waals surface area contributed by atoms with Gasteiger partial charge in [-0.3, -0.25) is 4.90 Å². The molecule has 2 aliphatic rings. The summed E-state index contributed by atoms with van der Waals surface area (Å²) in [4.78, 5) is 7.04. The van der Waals surface area contributed by atoms with E-state index in [-0.39, 0.29) is 11.2 Å². The summed E-state index contributed by atoms with van der Waals surface area (Å²) in [5.41, 5.74) is 0.721. The van der Waals surface area contributed by atoms with E-state index in [4.69, 9.17) is 4.52 Å². The number of hydrogen-bond donors (Lipinski definition) is 0. The van der Waals surface area contributed by atoms with E-state index in [9.17, 15) is 12.8 Å². The molecule has 31 heavy (non-hydrogen) atoms.